The van der Waals surface area contributed by atoms with Crippen molar-refractivity contribution in [3.05, 3.63) is 17.5 Å². The largest absolute Gasteiger partial charge is 0.476 e. The fourth-order valence-electron chi connectivity index (χ4n) is 1.78. The summed E-state index contributed by atoms with van der Waals surface area (Å²) in [5, 5.41) is 12.2. The van der Waals surface area contributed by atoms with Crippen LogP contribution in [0.3, 0.4) is 0 Å². The average molecular weight is 226 g/mol. The number of aromatic nitrogens is 1. The second-order valence-electron chi connectivity index (χ2n) is 3.87. The average Bonchev–Trinajstić information content (AvgIpc) is 2.68. The van der Waals surface area contributed by atoms with E-state index in [1.54, 1.807) is 0 Å². The van der Waals surface area contributed by atoms with Crippen LogP contribution in [-0.2, 0) is 6.54 Å². The lowest BCUT2D eigenvalue weighted by Crippen LogP contribution is -2.29. The maximum atomic E-state index is 10.6. The molecule has 16 heavy (non-hydrogen) atoms. The number of rotatable bonds is 6. The van der Waals surface area contributed by atoms with Crippen LogP contribution in [0.25, 0.3) is 0 Å². The third-order valence-electron chi connectivity index (χ3n) is 2.75. The lowest BCUT2D eigenvalue weighted by atomic mass is 10.1. The molecular formula is C11H18N2O3. The van der Waals surface area contributed by atoms with Gasteiger partial charge >= 0.3 is 5.97 Å². The molecule has 0 saturated heterocycles. The molecule has 0 fully saturated rings. The summed E-state index contributed by atoms with van der Waals surface area (Å²) in [5.74, 6) is -0.466. The number of aromatic carboxylic acids is 1. The summed E-state index contributed by atoms with van der Waals surface area (Å²) in [6, 6.07) is 1.96. The lowest BCUT2D eigenvalue weighted by molar-refractivity contribution is 0.0685. The topological polar surface area (TPSA) is 66.6 Å². The molecule has 0 aromatic carbocycles. The molecule has 0 aliphatic heterocycles. The summed E-state index contributed by atoms with van der Waals surface area (Å²) in [6.07, 6.45) is 2.12. The van der Waals surface area contributed by atoms with E-state index in [4.69, 9.17) is 9.63 Å². The van der Waals surface area contributed by atoms with Crippen molar-refractivity contribution in [2.45, 2.75) is 39.3 Å². The normalized spacial score (nSPS) is 11.3. The monoisotopic (exact) mass is 226 g/mol. The number of carboxylic acid groups (broad SMARTS) is 1. The van der Waals surface area contributed by atoms with Gasteiger partial charge in [0.05, 0.1) is 6.54 Å². The molecule has 5 nitrogen and oxygen atoms in total. The van der Waals surface area contributed by atoms with Gasteiger partial charge in [-0.1, -0.05) is 19.0 Å². The predicted octanol–water partition coefficient (Wildman–Crippen LogP) is 1.99. The van der Waals surface area contributed by atoms with Gasteiger partial charge in [0.2, 0.25) is 0 Å². The van der Waals surface area contributed by atoms with E-state index in [9.17, 15) is 4.79 Å². The van der Waals surface area contributed by atoms with E-state index in [2.05, 4.69) is 23.9 Å². The van der Waals surface area contributed by atoms with Gasteiger partial charge in [-0.25, -0.2) is 4.79 Å². The van der Waals surface area contributed by atoms with Gasteiger partial charge in [0.1, 0.15) is 0 Å². The van der Waals surface area contributed by atoms with E-state index in [1.807, 2.05) is 7.05 Å². The molecule has 5 heteroatoms. The van der Waals surface area contributed by atoms with E-state index in [0.29, 0.717) is 18.3 Å². The highest BCUT2D eigenvalue weighted by atomic mass is 16.5. The maximum Gasteiger partial charge on any atom is 0.358 e. The van der Waals surface area contributed by atoms with E-state index < -0.39 is 5.97 Å². The molecule has 0 atom stereocenters. The predicted molar refractivity (Wildman–Crippen MR) is 59.3 cm³/mol. The Morgan fingerprint density at radius 1 is 1.56 bits per heavy atom. The fourth-order valence-corrected chi connectivity index (χ4v) is 1.78. The van der Waals surface area contributed by atoms with Crippen molar-refractivity contribution in [2.24, 2.45) is 0 Å². The Bertz CT molecular complexity index is 345. The van der Waals surface area contributed by atoms with Crippen LogP contribution in [0.15, 0.2) is 10.6 Å². The minimum atomic E-state index is -1.06. The van der Waals surface area contributed by atoms with Gasteiger partial charge in [0.15, 0.2) is 11.5 Å². The molecule has 0 spiro atoms. The van der Waals surface area contributed by atoms with Crippen molar-refractivity contribution >= 4 is 5.97 Å². The van der Waals surface area contributed by atoms with Gasteiger partial charge in [0.25, 0.3) is 0 Å². The summed E-state index contributed by atoms with van der Waals surface area (Å²) in [6.45, 7) is 4.86. The van der Waals surface area contributed by atoms with Crippen LogP contribution in [-0.4, -0.2) is 34.2 Å². The Balaban J connectivity index is 2.62. The molecule has 90 valence electrons. The number of nitrogens with zero attached hydrogens (tertiary/aromatic N) is 2. The van der Waals surface area contributed by atoms with Crippen LogP contribution in [0, 0.1) is 0 Å². The summed E-state index contributed by atoms with van der Waals surface area (Å²) in [4.78, 5) is 12.8. The second kappa shape index (κ2) is 5.65. The number of carbonyl (C=O) groups is 1. The lowest BCUT2D eigenvalue weighted by Gasteiger charge is -2.24. The van der Waals surface area contributed by atoms with Crippen molar-refractivity contribution in [1.29, 1.82) is 0 Å². The summed E-state index contributed by atoms with van der Waals surface area (Å²) >= 11 is 0. The van der Waals surface area contributed by atoms with Crippen LogP contribution >= 0.6 is 0 Å². The van der Waals surface area contributed by atoms with Gasteiger partial charge in [-0.3, -0.25) is 4.90 Å². The highest BCUT2D eigenvalue weighted by molar-refractivity contribution is 5.85. The van der Waals surface area contributed by atoms with Crippen LogP contribution in [0.1, 0.15) is 42.9 Å². The molecule has 1 N–H and O–H groups in total. The van der Waals surface area contributed by atoms with Crippen LogP contribution in [0.2, 0.25) is 0 Å². The molecular weight excluding hydrogens is 208 g/mol. The van der Waals surface area contributed by atoms with E-state index in [-0.39, 0.29) is 5.69 Å². The molecule has 0 aliphatic rings. The third-order valence-corrected chi connectivity index (χ3v) is 2.75. The third kappa shape index (κ3) is 3.06. The van der Waals surface area contributed by atoms with E-state index >= 15 is 0 Å². The van der Waals surface area contributed by atoms with Gasteiger partial charge in [0, 0.05) is 12.1 Å². The molecule has 0 unspecified atom stereocenters. The van der Waals surface area contributed by atoms with Gasteiger partial charge in [-0.05, 0) is 19.9 Å². The van der Waals surface area contributed by atoms with Crippen molar-refractivity contribution in [2.75, 3.05) is 7.05 Å². The molecule has 1 rings (SSSR count). The van der Waals surface area contributed by atoms with Gasteiger partial charge in [-0.2, -0.15) is 0 Å². The molecule has 0 aliphatic carbocycles. The Labute approximate surface area is 95.0 Å². The molecule has 0 amide bonds. The highest BCUT2D eigenvalue weighted by Crippen LogP contribution is 2.12. The first-order chi connectivity index (χ1) is 7.58. The minimum Gasteiger partial charge on any atom is -0.476 e. The van der Waals surface area contributed by atoms with Crippen molar-refractivity contribution in [3.8, 4) is 0 Å². The Kier molecular flexibility index (Phi) is 4.49. The summed E-state index contributed by atoms with van der Waals surface area (Å²) < 4.78 is 4.96. The molecule has 1 heterocycles. The molecule has 1 aromatic rings. The first kappa shape index (κ1) is 12.7. The second-order valence-corrected chi connectivity index (χ2v) is 3.87. The highest BCUT2D eigenvalue weighted by Gasteiger charge is 2.15. The number of hydrogen-bond acceptors (Lipinski definition) is 4. The van der Waals surface area contributed by atoms with E-state index in [1.165, 1.54) is 6.07 Å². The molecule has 1 aromatic heterocycles. The first-order valence-corrected chi connectivity index (χ1v) is 5.47. The smallest absolute Gasteiger partial charge is 0.358 e. The van der Waals surface area contributed by atoms with Crippen LogP contribution in [0.4, 0.5) is 0 Å². The molecule has 0 radical (unpaired) electrons. The fraction of sp³-hybridized carbons (Fsp3) is 0.636. The summed E-state index contributed by atoms with van der Waals surface area (Å²) in [7, 11) is 2.00. The van der Waals surface area contributed by atoms with E-state index in [0.717, 1.165) is 12.8 Å². The van der Waals surface area contributed by atoms with Crippen molar-refractivity contribution < 1.29 is 14.4 Å². The SMILES string of the molecule is CCC(CC)N(C)Cc1cc(C(=O)O)no1. The van der Waals surface area contributed by atoms with Crippen LogP contribution < -0.4 is 0 Å². The minimum absolute atomic E-state index is 0.0343. The van der Waals surface area contributed by atoms with Crippen molar-refractivity contribution in [3.63, 3.8) is 0 Å². The van der Waals surface area contributed by atoms with Gasteiger partial charge in [-0.15, -0.1) is 0 Å². The Morgan fingerprint density at radius 2 is 2.19 bits per heavy atom. The standard InChI is InChI=1S/C11H18N2O3/c1-4-8(5-2)13(3)7-9-6-10(11(14)15)12-16-9/h6,8H,4-5,7H2,1-3H3,(H,14,15). The number of hydrogen-bond donors (Lipinski definition) is 1. The zero-order valence-electron chi connectivity index (χ0n) is 9.93. The Morgan fingerprint density at radius 3 is 2.62 bits per heavy atom. The zero-order valence-corrected chi connectivity index (χ0v) is 9.93. The Hall–Kier alpha value is -1.36. The molecule has 0 bridgehead atoms. The number of carboxylic acids is 1. The quantitative estimate of drug-likeness (QED) is 0.803. The van der Waals surface area contributed by atoms with Crippen molar-refractivity contribution in [1.82, 2.24) is 10.1 Å². The van der Waals surface area contributed by atoms with Gasteiger partial charge < -0.3 is 9.63 Å². The summed E-state index contributed by atoms with van der Waals surface area (Å²) in [5.41, 5.74) is -0.0343. The first-order valence-electron chi connectivity index (χ1n) is 5.47. The molecule has 0 saturated carbocycles. The zero-order chi connectivity index (χ0) is 12.1. The maximum absolute atomic E-state index is 10.6. The van der Waals surface area contributed by atoms with Crippen LogP contribution in [0.5, 0.6) is 0 Å².